The molecular formula is C17H21N3O2S. The minimum atomic E-state index is -3.53. The molecule has 0 amide bonds. The fourth-order valence-corrected chi connectivity index (χ4v) is 4.61. The molecule has 2 atom stereocenters. The lowest BCUT2D eigenvalue weighted by atomic mass is 9.95. The van der Waals surface area contributed by atoms with Crippen LogP contribution in [0, 0.1) is 5.92 Å². The summed E-state index contributed by atoms with van der Waals surface area (Å²) in [4.78, 5) is 8.63. The highest BCUT2D eigenvalue weighted by molar-refractivity contribution is 7.89. The van der Waals surface area contributed by atoms with Crippen molar-refractivity contribution in [2.24, 2.45) is 5.92 Å². The monoisotopic (exact) mass is 331 g/mol. The molecule has 1 fully saturated rings. The van der Waals surface area contributed by atoms with Crippen LogP contribution in [0.25, 0.3) is 11.4 Å². The molecule has 0 radical (unpaired) electrons. The highest BCUT2D eigenvalue weighted by Gasteiger charge is 2.33. The molecule has 6 heteroatoms. The maximum absolute atomic E-state index is 12.8. The van der Waals surface area contributed by atoms with Gasteiger partial charge in [-0.25, -0.2) is 18.4 Å². The second kappa shape index (κ2) is 6.37. The Kier molecular flexibility index (Phi) is 4.46. The van der Waals surface area contributed by atoms with Gasteiger partial charge in [-0.1, -0.05) is 37.3 Å². The molecule has 0 saturated carbocycles. The third-order valence-electron chi connectivity index (χ3n) is 4.34. The second-order valence-electron chi connectivity index (χ2n) is 6.20. The fourth-order valence-electron chi connectivity index (χ4n) is 3.06. The topological polar surface area (TPSA) is 63.2 Å². The van der Waals surface area contributed by atoms with E-state index in [-0.39, 0.29) is 10.9 Å². The molecule has 23 heavy (non-hydrogen) atoms. The zero-order chi connectivity index (χ0) is 16.4. The molecular weight excluding hydrogens is 310 g/mol. The van der Waals surface area contributed by atoms with Crippen LogP contribution in [0.1, 0.15) is 26.7 Å². The molecule has 1 aromatic heterocycles. The summed E-state index contributed by atoms with van der Waals surface area (Å²) in [6.45, 7) is 4.69. The van der Waals surface area contributed by atoms with Crippen LogP contribution < -0.4 is 0 Å². The van der Waals surface area contributed by atoms with E-state index in [1.807, 2.05) is 37.3 Å². The maximum atomic E-state index is 12.8. The lowest BCUT2D eigenvalue weighted by Crippen LogP contribution is -2.44. The van der Waals surface area contributed by atoms with Gasteiger partial charge in [-0.05, 0) is 25.7 Å². The molecule has 0 unspecified atom stereocenters. The van der Waals surface area contributed by atoms with Crippen molar-refractivity contribution >= 4 is 10.0 Å². The Labute approximate surface area is 137 Å². The molecule has 0 spiro atoms. The Balaban J connectivity index is 1.86. The number of aromatic nitrogens is 2. The van der Waals surface area contributed by atoms with Crippen LogP contribution in [0.15, 0.2) is 47.6 Å². The van der Waals surface area contributed by atoms with Crippen molar-refractivity contribution in [3.8, 4) is 11.4 Å². The average Bonchev–Trinajstić information content (AvgIpc) is 2.55. The quantitative estimate of drug-likeness (QED) is 0.867. The summed E-state index contributed by atoms with van der Waals surface area (Å²) in [6.07, 6.45) is 4.61. The number of sulfonamides is 1. The first-order chi connectivity index (χ1) is 11.0. The SMILES string of the molecule is C[C@@H]1CCN(S(=O)(=O)c2cnc(-c3ccccc3)nc2)[C@H](C)C1. The Morgan fingerprint density at radius 2 is 1.74 bits per heavy atom. The van der Waals surface area contributed by atoms with E-state index in [1.165, 1.54) is 12.4 Å². The van der Waals surface area contributed by atoms with Crippen molar-refractivity contribution in [2.75, 3.05) is 6.54 Å². The number of hydrogen-bond donors (Lipinski definition) is 0. The van der Waals surface area contributed by atoms with Crippen LogP contribution in [0.2, 0.25) is 0 Å². The summed E-state index contributed by atoms with van der Waals surface area (Å²) in [5.74, 6) is 1.10. The van der Waals surface area contributed by atoms with E-state index in [0.717, 1.165) is 18.4 Å². The van der Waals surface area contributed by atoms with Crippen LogP contribution in [0.5, 0.6) is 0 Å². The van der Waals surface area contributed by atoms with E-state index >= 15 is 0 Å². The summed E-state index contributed by atoms with van der Waals surface area (Å²) >= 11 is 0. The average molecular weight is 331 g/mol. The zero-order valence-corrected chi connectivity index (χ0v) is 14.2. The van der Waals surface area contributed by atoms with Crippen LogP contribution in [-0.2, 0) is 10.0 Å². The standard InChI is InChI=1S/C17H21N3O2S/c1-13-8-9-20(14(2)10-13)23(21,22)16-11-18-17(19-12-16)15-6-4-3-5-7-15/h3-7,11-14H,8-10H2,1-2H3/t13-,14-/m1/s1. The molecule has 2 heterocycles. The first-order valence-corrected chi connectivity index (χ1v) is 9.32. The fraction of sp³-hybridized carbons (Fsp3) is 0.412. The molecule has 1 saturated heterocycles. The van der Waals surface area contributed by atoms with Gasteiger partial charge in [-0.2, -0.15) is 4.31 Å². The van der Waals surface area contributed by atoms with Gasteiger partial charge in [-0.3, -0.25) is 0 Å². The first kappa shape index (κ1) is 16.1. The molecule has 1 aliphatic rings. The molecule has 2 aromatic rings. The number of nitrogens with zero attached hydrogens (tertiary/aromatic N) is 3. The predicted molar refractivity (Wildman–Crippen MR) is 89.2 cm³/mol. The van der Waals surface area contributed by atoms with E-state index in [4.69, 9.17) is 0 Å². The van der Waals surface area contributed by atoms with Crippen LogP contribution in [0.3, 0.4) is 0 Å². The van der Waals surface area contributed by atoms with Crippen molar-refractivity contribution < 1.29 is 8.42 Å². The molecule has 0 aliphatic carbocycles. The lowest BCUT2D eigenvalue weighted by Gasteiger charge is -2.35. The van der Waals surface area contributed by atoms with Crippen LogP contribution >= 0.6 is 0 Å². The lowest BCUT2D eigenvalue weighted by molar-refractivity contribution is 0.220. The van der Waals surface area contributed by atoms with Crippen molar-refractivity contribution in [3.63, 3.8) is 0 Å². The third kappa shape index (κ3) is 3.28. The van der Waals surface area contributed by atoms with Gasteiger partial charge in [0.2, 0.25) is 10.0 Å². The Morgan fingerprint density at radius 1 is 1.09 bits per heavy atom. The van der Waals surface area contributed by atoms with Gasteiger partial charge in [0, 0.05) is 18.2 Å². The molecule has 3 rings (SSSR count). The highest BCUT2D eigenvalue weighted by Crippen LogP contribution is 2.28. The number of hydrogen-bond acceptors (Lipinski definition) is 4. The van der Waals surface area contributed by atoms with Gasteiger partial charge in [0.1, 0.15) is 4.90 Å². The molecule has 0 N–H and O–H groups in total. The van der Waals surface area contributed by atoms with Crippen LogP contribution in [-0.4, -0.2) is 35.3 Å². The minimum absolute atomic E-state index is 0.0116. The predicted octanol–water partition coefficient (Wildman–Crippen LogP) is 2.95. The first-order valence-electron chi connectivity index (χ1n) is 7.88. The van der Waals surface area contributed by atoms with E-state index in [0.29, 0.717) is 18.3 Å². The van der Waals surface area contributed by atoms with Gasteiger partial charge in [-0.15, -0.1) is 0 Å². The Hall–Kier alpha value is -1.79. The molecule has 1 aliphatic heterocycles. The molecule has 0 bridgehead atoms. The van der Waals surface area contributed by atoms with Gasteiger partial charge >= 0.3 is 0 Å². The van der Waals surface area contributed by atoms with Crippen molar-refractivity contribution in [1.82, 2.24) is 14.3 Å². The van der Waals surface area contributed by atoms with Gasteiger partial charge in [0.25, 0.3) is 0 Å². The number of piperidine rings is 1. The maximum Gasteiger partial charge on any atom is 0.246 e. The summed E-state index contributed by atoms with van der Waals surface area (Å²) in [7, 11) is -3.53. The van der Waals surface area contributed by atoms with Gasteiger partial charge in [0.15, 0.2) is 5.82 Å². The van der Waals surface area contributed by atoms with Crippen LogP contribution in [0.4, 0.5) is 0 Å². The smallest absolute Gasteiger partial charge is 0.235 e. The zero-order valence-electron chi connectivity index (χ0n) is 13.4. The van der Waals surface area contributed by atoms with Crippen molar-refractivity contribution in [3.05, 3.63) is 42.7 Å². The van der Waals surface area contributed by atoms with E-state index in [9.17, 15) is 8.42 Å². The van der Waals surface area contributed by atoms with Gasteiger partial charge < -0.3 is 0 Å². The molecule has 1 aromatic carbocycles. The van der Waals surface area contributed by atoms with Crippen molar-refractivity contribution in [1.29, 1.82) is 0 Å². The van der Waals surface area contributed by atoms with Crippen molar-refractivity contribution in [2.45, 2.75) is 37.6 Å². The van der Waals surface area contributed by atoms with E-state index in [2.05, 4.69) is 16.9 Å². The Bertz CT molecular complexity index is 760. The minimum Gasteiger partial charge on any atom is -0.235 e. The summed E-state index contributed by atoms with van der Waals surface area (Å²) in [5, 5.41) is 0. The second-order valence-corrected chi connectivity index (χ2v) is 8.09. The number of rotatable bonds is 3. The largest absolute Gasteiger partial charge is 0.246 e. The summed E-state index contributed by atoms with van der Waals surface area (Å²) in [6, 6.07) is 9.54. The Morgan fingerprint density at radius 3 is 2.35 bits per heavy atom. The molecule has 5 nitrogen and oxygen atoms in total. The number of benzene rings is 1. The van der Waals surface area contributed by atoms with E-state index in [1.54, 1.807) is 4.31 Å². The molecule has 122 valence electrons. The normalized spacial score (nSPS) is 22.9. The highest BCUT2D eigenvalue weighted by atomic mass is 32.2. The van der Waals surface area contributed by atoms with Gasteiger partial charge in [0.05, 0.1) is 12.4 Å². The summed E-state index contributed by atoms with van der Waals surface area (Å²) in [5.41, 5.74) is 0.872. The summed E-state index contributed by atoms with van der Waals surface area (Å²) < 4.78 is 27.2. The third-order valence-corrected chi connectivity index (χ3v) is 6.31. The van der Waals surface area contributed by atoms with E-state index < -0.39 is 10.0 Å².